The van der Waals surface area contributed by atoms with Gasteiger partial charge in [-0.2, -0.15) is 4.98 Å². The van der Waals surface area contributed by atoms with Gasteiger partial charge in [0.15, 0.2) is 5.82 Å². The minimum Gasteiger partial charge on any atom is -0.394 e. The van der Waals surface area contributed by atoms with Crippen LogP contribution in [0.4, 0.5) is 4.79 Å². The number of rotatable bonds is 4. The third-order valence-corrected chi connectivity index (χ3v) is 4.04. The van der Waals surface area contributed by atoms with E-state index in [0.717, 1.165) is 18.4 Å². The largest absolute Gasteiger partial charge is 0.394 e. The molecule has 1 aliphatic rings. The molecular formula is C16H20N4O3. The van der Waals surface area contributed by atoms with Crippen molar-refractivity contribution in [1.29, 1.82) is 0 Å². The van der Waals surface area contributed by atoms with Gasteiger partial charge in [0.2, 0.25) is 0 Å². The molecule has 1 fully saturated rings. The highest BCUT2D eigenvalue weighted by Gasteiger charge is 2.29. The Morgan fingerprint density at radius 1 is 1.48 bits per heavy atom. The van der Waals surface area contributed by atoms with Crippen molar-refractivity contribution >= 4 is 6.03 Å². The third kappa shape index (κ3) is 3.34. The van der Waals surface area contributed by atoms with Crippen LogP contribution in [0, 0.1) is 0 Å². The van der Waals surface area contributed by atoms with Gasteiger partial charge in [-0.05, 0) is 31.9 Å². The molecule has 1 aromatic heterocycles. The molecule has 122 valence electrons. The van der Waals surface area contributed by atoms with Crippen LogP contribution in [0.15, 0.2) is 34.9 Å². The Kier molecular flexibility index (Phi) is 4.57. The summed E-state index contributed by atoms with van der Waals surface area (Å²) in [6, 6.07) is 8.79. The van der Waals surface area contributed by atoms with Crippen LogP contribution in [0.3, 0.4) is 0 Å². The highest BCUT2D eigenvalue weighted by atomic mass is 16.5. The van der Waals surface area contributed by atoms with Crippen molar-refractivity contribution in [1.82, 2.24) is 20.4 Å². The summed E-state index contributed by atoms with van der Waals surface area (Å²) in [7, 11) is 0. The van der Waals surface area contributed by atoms with E-state index in [1.807, 2.05) is 37.3 Å². The molecule has 2 amide bonds. The molecule has 1 aliphatic heterocycles. The zero-order chi connectivity index (χ0) is 16.2. The molecule has 23 heavy (non-hydrogen) atoms. The summed E-state index contributed by atoms with van der Waals surface area (Å²) in [5, 5.41) is 16.1. The van der Waals surface area contributed by atoms with Gasteiger partial charge in [-0.3, -0.25) is 0 Å². The van der Waals surface area contributed by atoms with Crippen molar-refractivity contribution in [2.45, 2.75) is 31.8 Å². The minimum absolute atomic E-state index is 0.0117. The van der Waals surface area contributed by atoms with E-state index < -0.39 is 0 Å². The molecule has 2 heterocycles. The molecule has 3 rings (SSSR count). The number of aliphatic hydroxyl groups excluding tert-OH is 1. The number of carbonyl (C=O) groups excluding carboxylic acids is 1. The van der Waals surface area contributed by atoms with Crippen LogP contribution in [0.1, 0.15) is 31.6 Å². The number of nitrogens with one attached hydrogen (secondary N) is 1. The van der Waals surface area contributed by atoms with Crippen molar-refractivity contribution in [3.63, 3.8) is 0 Å². The molecule has 7 nitrogen and oxygen atoms in total. The van der Waals surface area contributed by atoms with E-state index in [9.17, 15) is 9.90 Å². The van der Waals surface area contributed by atoms with Gasteiger partial charge in [-0.1, -0.05) is 23.4 Å². The molecule has 0 radical (unpaired) electrons. The predicted octanol–water partition coefficient (Wildman–Crippen LogP) is 1.96. The highest BCUT2D eigenvalue weighted by Crippen LogP contribution is 2.20. The van der Waals surface area contributed by atoms with Crippen molar-refractivity contribution < 1.29 is 14.4 Å². The second kappa shape index (κ2) is 6.78. The number of amides is 2. The monoisotopic (exact) mass is 316 g/mol. The van der Waals surface area contributed by atoms with Gasteiger partial charge in [0, 0.05) is 12.1 Å². The van der Waals surface area contributed by atoms with E-state index >= 15 is 0 Å². The lowest BCUT2D eigenvalue weighted by Gasteiger charge is -2.24. The topological polar surface area (TPSA) is 91.5 Å². The van der Waals surface area contributed by atoms with E-state index in [-0.39, 0.29) is 24.7 Å². The lowest BCUT2D eigenvalue weighted by atomic mass is 10.2. The number of hydrogen-bond donors (Lipinski definition) is 2. The van der Waals surface area contributed by atoms with Crippen molar-refractivity contribution in [3.8, 4) is 11.5 Å². The lowest BCUT2D eigenvalue weighted by molar-refractivity contribution is 0.154. The summed E-state index contributed by atoms with van der Waals surface area (Å²) in [4.78, 5) is 18.3. The molecule has 2 aromatic rings. The first-order valence-corrected chi connectivity index (χ1v) is 7.76. The van der Waals surface area contributed by atoms with Crippen LogP contribution >= 0.6 is 0 Å². The van der Waals surface area contributed by atoms with E-state index in [2.05, 4.69) is 15.5 Å². The van der Waals surface area contributed by atoms with E-state index in [1.54, 1.807) is 4.90 Å². The highest BCUT2D eigenvalue weighted by molar-refractivity contribution is 5.75. The summed E-state index contributed by atoms with van der Waals surface area (Å²) >= 11 is 0. The Labute approximate surface area is 134 Å². The molecule has 1 saturated heterocycles. The Bertz CT molecular complexity index is 658. The number of aromatic nitrogens is 2. The van der Waals surface area contributed by atoms with Crippen LogP contribution in [0.2, 0.25) is 0 Å². The van der Waals surface area contributed by atoms with E-state index in [0.29, 0.717) is 18.3 Å². The second-order valence-corrected chi connectivity index (χ2v) is 5.67. The Morgan fingerprint density at radius 3 is 3.00 bits per heavy atom. The van der Waals surface area contributed by atoms with Crippen LogP contribution < -0.4 is 5.32 Å². The van der Waals surface area contributed by atoms with Crippen LogP contribution in [0.25, 0.3) is 11.5 Å². The van der Waals surface area contributed by atoms with Gasteiger partial charge in [0.1, 0.15) is 0 Å². The van der Waals surface area contributed by atoms with Crippen molar-refractivity contribution in [2.24, 2.45) is 0 Å². The van der Waals surface area contributed by atoms with E-state index in [1.165, 1.54) is 0 Å². The smallest absolute Gasteiger partial charge is 0.318 e. The molecule has 0 spiro atoms. The number of urea groups is 1. The van der Waals surface area contributed by atoms with Gasteiger partial charge >= 0.3 is 6.03 Å². The Hall–Kier alpha value is -2.41. The minimum atomic E-state index is -0.372. The summed E-state index contributed by atoms with van der Waals surface area (Å²) in [5.74, 6) is 0.855. The summed E-state index contributed by atoms with van der Waals surface area (Å²) in [6.45, 7) is 2.45. The number of nitrogens with zero attached hydrogens (tertiary/aromatic N) is 3. The van der Waals surface area contributed by atoms with Crippen molar-refractivity contribution in [2.75, 3.05) is 13.2 Å². The molecule has 0 unspecified atom stereocenters. The van der Waals surface area contributed by atoms with Crippen LogP contribution in [-0.2, 0) is 0 Å². The van der Waals surface area contributed by atoms with Gasteiger partial charge < -0.3 is 19.8 Å². The maximum absolute atomic E-state index is 12.3. The quantitative estimate of drug-likeness (QED) is 0.899. The van der Waals surface area contributed by atoms with Gasteiger partial charge in [0.25, 0.3) is 5.89 Å². The zero-order valence-corrected chi connectivity index (χ0v) is 13.0. The van der Waals surface area contributed by atoms with Gasteiger partial charge in [-0.15, -0.1) is 0 Å². The third-order valence-electron chi connectivity index (χ3n) is 4.04. The van der Waals surface area contributed by atoms with E-state index in [4.69, 9.17) is 4.52 Å². The first-order valence-electron chi connectivity index (χ1n) is 7.76. The first-order chi connectivity index (χ1) is 11.2. The standard InChI is InChI=1S/C16H20N4O3/c1-11(17-16(22)20-9-5-8-13(20)10-21)14-18-15(23-19-14)12-6-3-2-4-7-12/h2-4,6-7,11,13,21H,5,8-10H2,1H3,(H,17,22)/t11-,13+/m1/s1. The molecule has 2 N–H and O–H groups in total. The summed E-state index contributed by atoms with van der Waals surface area (Å²) < 4.78 is 5.26. The molecule has 0 bridgehead atoms. The molecular weight excluding hydrogens is 296 g/mol. The first kappa shape index (κ1) is 15.5. The molecule has 7 heteroatoms. The number of hydrogen-bond acceptors (Lipinski definition) is 5. The normalized spacial score (nSPS) is 18.9. The fraction of sp³-hybridized carbons (Fsp3) is 0.438. The number of aliphatic hydroxyl groups is 1. The average molecular weight is 316 g/mol. The molecule has 0 aliphatic carbocycles. The summed E-state index contributed by atoms with van der Waals surface area (Å²) in [5.41, 5.74) is 0.838. The maximum atomic E-state index is 12.3. The fourth-order valence-corrected chi connectivity index (χ4v) is 2.73. The second-order valence-electron chi connectivity index (χ2n) is 5.67. The zero-order valence-electron chi connectivity index (χ0n) is 13.0. The summed E-state index contributed by atoms with van der Waals surface area (Å²) in [6.07, 6.45) is 1.74. The average Bonchev–Trinajstić information content (AvgIpc) is 3.24. The molecule has 1 aromatic carbocycles. The number of likely N-dealkylation sites (tertiary alicyclic amines) is 1. The lowest BCUT2D eigenvalue weighted by Crippen LogP contribution is -2.45. The SMILES string of the molecule is C[C@@H](NC(=O)N1CCC[C@H]1CO)c1noc(-c2ccccc2)n1. The predicted molar refractivity (Wildman–Crippen MR) is 83.5 cm³/mol. The van der Waals surface area contributed by atoms with Crippen LogP contribution in [-0.4, -0.2) is 45.4 Å². The van der Waals surface area contributed by atoms with Crippen LogP contribution in [0.5, 0.6) is 0 Å². The maximum Gasteiger partial charge on any atom is 0.318 e. The van der Waals surface area contributed by atoms with Gasteiger partial charge in [0.05, 0.1) is 18.7 Å². The molecule has 2 atom stereocenters. The van der Waals surface area contributed by atoms with Gasteiger partial charge in [-0.25, -0.2) is 4.79 Å². The Morgan fingerprint density at radius 2 is 2.26 bits per heavy atom. The number of carbonyl (C=O) groups is 1. The fourth-order valence-electron chi connectivity index (χ4n) is 2.73. The van der Waals surface area contributed by atoms with Crippen molar-refractivity contribution in [3.05, 3.63) is 36.2 Å². The molecule has 0 saturated carbocycles. The number of benzene rings is 1. The Balaban J connectivity index is 1.66.